The highest BCUT2D eigenvalue weighted by Gasteiger charge is 2.55. The third-order valence-corrected chi connectivity index (χ3v) is 8.14. The van der Waals surface area contributed by atoms with Gasteiger partial charge in [0.05, 0.1) is 36.3 Å². The smallest absolute Gasteiger partial charge is 0.226 e. The lowest BCUT2D eigenvalue weighted by molar-refractivity contribution is -0.139. The Morgan fingerprint density at radius 3 is 2.63 bits per heavy atom. The Hall–Kier alpha value is -1.67. The molecule has 7 nitrogen and oxygen atoms in total. The summed E-state index contributed by atoms with van der Waals surface area (Å²) in [6, 6.07) is 4.54. The van der Waals surface area contributed by atoms with Crippen LogP contribution in [0.15, 0.2) is 18.2 Å². The molecule has 7 atom stereocenters. The minimum atomic E-state index is -1.05. The van der Waals surface area contributed by atoms with Crippen molar-refractivity contribution < 1.29 is 25.2 Å². The number of aryl methyl sites for hydroxylation is 1. The molecule has 0 unspecified atom stereocenters. The average molecular weight is 419 g/mol. The van der Waals surface area contributed by atoms with Crippen LogP contribution in [-0.2, 0) is 16.6 Å². The van der Waals surface area contributed by atoms with Crippen molar-refractivity contribution in [2.24, 2.45) is 11.3 Å². The van der Waals surface area contributed by atoms with E-state index in [4.69, 9.17) is 0 Å². The maximum absolute atomic E-state index is 13.4. The van der Waals surface area contributed by atoms with E-state index >= 15 is 0 Å². The second kappa shape index (κ2) is 7.79. The van der Waals surface area contributed by atoms with E-state index in [0.29, 0.717) is 0 Å². The molecule has 0 spiro atoms. The second-order valence-corrected chi connectivity index (χ2v) is 9.87. The van der Waals surface area contributed by atoms with Gasteiger partial charge >= 0.3 is 0 Å². The number of rotatable bonds is 4. The zero-order valence-corrected chi connectivity index (χ0v) is 17.8. The van der Waals surface area contributed by atoms with Crippen molar-refractivity contribution in [2.75, 3.05) is 13.2 Å². The van der Waals surface area contributed by atoms with Crippen LogP contribution in [-0.4, -0.2) is 63.8 Å². The highest BCUT2D eigenvalue weighted by molar-refractivity contribution is 5.83. The van der Waals surface area contributed by atoms with Gasteiger partial charge in [-0.1, -0.05) is 26.3 Å². The van der Waals surface area contributed by atoms with E-state index in [9.17, 15) is 25.2 Å². The third kappa shape index (κ3) is 3.32. The molecule has 2 fully saturated rings. The monoisotopic (exact) mass is 418 g/mol. The quantitative estimate of drug-likeness (QED) is 0.425. The number of benzene rings is 1. The van der Waals surface area contributed by atoms with Gasteiger partial charge in [-0.15, -0.1) is 0 Å². The summed E-state index contributed by atoms with van der Waals surface area (Å²) in [5, 5.41) is 45.6. The number of carbonyl (C=O) groups is 1. The first-order chi connectivity index (χ1) is 14.2. The Kier molecular flexibility index (Phi) is 5.60. The number of phenolic OH excluding ortho intramolecular Hbond substituents is 1. The third-order valence-electron chi connectivity index (χ3n) is 8.14. The SMILES string of the molecule is C[C@]1(C(=O)NC[C@H]2N[C@H](CO)[C@H](O)[C@@H]2O)CCC[C@]2(C)c3cc(O)ccc3CC[C@@H]12. The molecule has 0 aromatic heterocycles. The average Bonchev–Trinajstić information content (AvgIpc) is 3.00. The van der Waals surface area contributed by atoms with Crippen molar-refractivity contribution in [3.8, 4) is 5.75 Å². The normalized spacial score (nSPS) is 40.5. The van der Waals surface area contributed by atoms with Gasteiger partial charge in [0.25, 0.3) is 0 Å². The summed E-state index contributed by atoms with van der Waals surface area (Å²) in [5.41, 5.74) is 1.71. The minimum Gasteiger partial charge on any atom is -0.508 e. The summed E-state index contributed by atoms with van der Waals surface area (Å²) >= 11 is 0. The van der Waals surface area contributed by atoms with Crippen molar-refractivity contribution in [2.45, 2.75) is 75.7 Å². The van der Waals surface area contributed by atoms with Crippen LogP contribution >= 0.6 is 0 Å². The van der Waals surface area contributed by atoms with Crippen LogP contribution in [0.25, 0.3) is 0 Å². The molecule has 166 valence electrons. The number of nitrogens with one attached hydrogen (secondary N) is 2. The second-order valence-electron chi connectivity index (χ2n) is 9.87. The molecule has 0 bridgehead atoms. The Morgan fingerprint density at radius 2 is 1.93 bits per heavy atom. The summed E-state index contributed by atoms with van der Waals surface area (Å²) in [6.07, 6.45) is 2.46. The molecular weight excluding hydrogens is 384 g/mol. The van der Waals surface area contributed by atoms with Gasteiger partial charge in [-0.3, -0.25) is 4.79 Å². The van der Waals surface area contributed by atoms with E-state index in [-0.39, 0.29) is 36.1 Å². The number of amides is 1. The van der Waals surface area contributed by atoms with E-state index in [1.165, 1.54) is 11.1 Å². The van der Waals surface area contributed by atoms with Gasteiger partial charge in [0.2, 0.25) is 5.91 Å². The molecule has 2 aliphatic carbocycles. The van der Waals surface area contributed by atoms with Gasteiger partial charge in [-0.2, -0.15) is 0 Å². The number of aliphatic hydroxyl groups is 3. The largest absolute Gasteiger partial charge is 0.508 e. The van der Waals surface area contributed by atoms with Gasteiger partial charge in [0.15, 0.2) is 0 Å². The Labute approximate surface area is 177 Å². The lowest BCUT2D eigenvalue weighted by Crippen LogP contribution is -2.56. The molecule has 4 rings (SSSR count). The Morgan fingerprint density at radius 1 is 1.20 bits per heavy atom. The standard InChI is InChI=1S/C23H34N2O5/c1-22-8-3-9-23(2,18(22)7-5-13-4-6-14(27)10-15(13)22)21(30)24-11-16-19(28)20(29)17(12-26)25-16/h4,6,10,16-20,25-29H,3,5,7-9,11-12H2,1-2H3,(H,24,30)/t16-,17-,18-,19-,20+,22-,23+/m1/s1. The number of carbonyl (C=O) groups excluding carboxylic acids is 1. The molecule has 1 aromatic rings. The zero-order valence-electron chi connectivity index (χ0n) is 17.8. The van der Waals surface area contributed by atoms with Gasteiger partial charge in [-0.25, -0.2) is 0 Å². The predicted molar refractivity (Wildman–Crippen MR) is 112 cm³/mol. The van der Waals surface area contributed by atoms with E-state index in [2.05, 4.69) is 17.6 Å². The van der Waals surface area contributed by atoms with Gasteiger partial charge in [-0.05, 0) is 60.3 Å². The molecule has 1 heterocycles. The van der Waals surface area contributed by atoms with Gasteiger partial charge in [0.1, 0.15) is 5.75 Å². The van der Waals surface area contributed by atoms with Crippen LogP contribution in [0.2, 0.25) is 0 Å². The fraction of sp³-hybridized carbons (Fsp3) is 0.696. The first-order valence-electron chi connectivity index (χ1n) is 11.0. The number of aliphatic hydroxyl groups excluding tert-OH is 3. The molecular formula is C23H34N2O5. The van der Waals surface area contributed by atoms with Gasteiger partial charge in [0, 0.05) is 6.54 Å². The molecule has 1 aliphatic heterocycles. The molecule has 7 heteroatoms. The van der Waals surface area contributed by atoms with Crippen LogP contribution in [0.4, 0.5) is 0 Å². The lowest BCUT2D eigenvalue weighted by Gasteiger charge is -2.54. The van der Waals surface area contributed by atoms with Crippen LogP contribution in [0.5, 0.6) is 5.75 Å². The van der Waals surface area contributed by atoms with E-state index in [1.807, 2.05) is 19.1 Å². The van der Waals surface area contributed by atoms with Gasteiger partial charge < -0.3 is 31.1 Å². The molecule has 30 heavy (non-hydrogen) atoms. The number of hydrogen-bond acceptors (Lipinski definition) is 6. The highest BCUT2D eigenvalue weighted by Crippen LogP contribution is 2.57. The molecule has 3 aliphatic rings. The maximum atomic E-state index is 13.4. The Balaban J connectivity index is 1.52. The van der Waals surface area contributed by atoms with E-state index in [1.54, 1.807) is 6.07 Å². The first-order valence-corrected chi connectivity index (χ1v) is 11.0. The summed E-state index contributed by atoms with van der Waals surface area (Å²) in [7, 11) is 0. The number of phenols is 1. The summed E-state index contributed by atoms with van der Waals surface area (Å²) in [6.45, 7) is 4.20. The fourth-order valence-electron chi connectivity index (χ4n) is 6.41. The minimum absolute atomic E-state index is 0.0297. The predicted octanol–water partition coefficient (Wildman–Crippen LogP) is 0.573. The molecule has 1 saturated carbocycles. The fourth-order valence-corrected chi connectivity index (χ4v) is 6.41. The summed E-state index contributed by atoms with van der Waals surface area (Å²) in [5.74, 6) is 0.397. The van der Waals surface area contributed by atoms with Crippen molar-refractivity contribution in [1.82, 2.24) is 10.6 Å². The zero-order chi connectivity index (χ0) is 21.7. The first kappa shape index (κ1) is 21.6. The van der Waals surface area contributed by atoms with Crippen molar-refractivity contribution in [3.63, 3.8) is 0 Å². The molecule has 1 aromatic carbocycles. The molecule has 0 radical (unpaired) electrons. The molecule has 1 saturated heterocycles. The van der Waals surface area contributed by atoms with Crippen LogP contribution in [0.1, 0.15) is 50.7 Å². The van der Waals surface area contributed by atoms with E-state index in [0.717, 1.165) is 32.1 Å². The molecule has 1 amide bonds. The molecule has 6 N–H and O–H groups in total. The summed E-state index contributed by atoms with van der Waals surface area (Å²) < 4.78 is 0. The maximum Gasteiger partial charge on any atom is 0.226 e. The highest BCUT2D eigenvalue weighted by atomic mass is 16.3. The lowest BCUT2D eigenvalue weighted by atomic mass is 9.49. The van der Waals surface area contributed by atoms with Crippen molar-refractivity contribution in [3.05, 3.63) is 29.3 Å². The van der Waals surface area contributed by atoms with Crippen molar-refractivity contribution in [1.29, 1.82) is 0 Å². The number of hydrogen-bond donors (Lipinski definition) is 6. The summed E-state index contributed by atoms with van der Waals surface area (Å²) in [4.78, 5) is 13.4. The van der Waals surface area contributed by atoms with E-state index < -0.39 is 29.7 Å². The van der Waals surface area contributed by atoms with Crippen LogP contribution < -0.4 is 10.6 Å². The number of fused-ring (bicyclic) bond motifs is 3. The Bertz CT molecular complexity index is 817. The topological polar surface area (TPSA) is 122 Å². The van der Waals surface area contributed by atoms with Crippen molar-refractivity contribution >= 4 is 5.91 Å². The van der Waals surface area contributed by atoms with Crippen LogP contribution in [0, 0.1) is 11.3 Å². The van der Waals surface area contributed by atoms with Crippen LogP contribution in [0.3, 0.4) is 0 Å². The number of aromatic hydroxyl groups is 1.